The van der Waals surface area contributed by atoms with E-state index in [2.05, 4.69) is 15.3 Å². The summed E-state index contributed by atoms with van der Waals surface area (Å²) >= 11 is 11.6. The molecule has 2 aromatic rings. The van der Waals surface area contributed by atoms with Crippen LogP contribution in [0.4, 0.5) is 11.5 Å². The predicted molar refractivity (Wildman–Crippen MR) is 72.9 cm³/mol. The maximum atomic E-state index is 8.40. The van der Waals surface area contributed by atoms with Gasteiger partial charge in [0.2, 0.25) is 5.28 Å². The molecule has 5 nitrogen and oxygen atoms in total. The molecule has 0 bridgehead atoms. The smallest absolute Gasteiger partial charge is 0.224 e. The van der Waals surface area contributed by atoms with E-state index in [-0.39, 0.29) is 11.9 Å². The minimum absolute atomic E-state index is 0.0140. The standard InChI is InChI=1S/C12H8Cl2N4O/c13-10-7-16-12(14)18-11(10)17-8-1-3-9(4-2-8)19-6-5-15/h1-4,7H,6H2,(H,16,17,18). The van der Waals surface area contributed by atoms with Gasteiger partial charge in [-0.25, -0.2) is 4.98 Å². The quantitative estimate of drug-likeness (QED) is 0.875. The lowest BCUT2D eigenvalue weighted by atomic mass is 10.3. The summed E-state index contributed by atoms with van der Waals surface area (Å²) in [7, 11) is 0. The molecule has 0 aliphatic carbocycles. The number of anilines is 2. The first-order valence-corrected chi connectivity index (χ1v) is 5.99. The minimum atomic E-state index is 0.0140. The molecule has 1 heterocycles. The topological polar surface area (TPSA) is 70.8 Å². The van der Waals surface area contributed by atoms with Gasteiger partial charge in [0.1, 0.15) is 16.8 Å². The molecule has 0 saturated heterocycles. The highest BCUT2D eigenvalue weighted by molar-refractivity contribution is 6.33. The highest BCUT2D eigenvalue weighted by Crippen LogP contribution is 2.24. The van der Waals surface area contributed by atoms with Crippen molar-refractivity contribution in [2.45, 2.75) is 0 Å². The van der Waals surface area contributed by atoms with Crippen molar-refractivity contribution in [3.05, 3.63) is 40.8 Å². The Morgan fingerprint density at radius 3 is 2.68 bits per heavy atom. The van der Waals surface area contributed by atoms with Gasteiger partial charge in [-0.3, -0.25) is 0 Å². The number of nitriles is 1. The van der Waals surface area contributed by atoms with E-state index in [4.69, 9.17) is 33.2 Å². The Morgan fingerprint density at radius 1 is 1.26 bits per heavy atom. The lowest BCUT2D eigenvalue weighted by Crippen LogP contribution is -1.97. The second-order valence-electron chi connectivity index (χ2n) is 3.43. The molecule has 0 amide bonds. The van der Waals surface area contributed by atoms with Gasteiger partial charge in [-0.05, 0) is 35.9 Å². The first kappa shape index (κ1) is 13.4. The number of nitrogens with one attached hydrogen (secondary N) is 1. The van der Waals surface area contributed by atoms with E-state index in [1.165, 1.54) is 6.20 Å². The lowest BCUT2D eigenvalue weighted by Gasteiger charge is -2.08. The Morgan fingerprint density at radius 2 is 2.00 bits per heavy atom. The van der Waals surface area contributed by atoms with E-state index in [1.807, 2.05) is 6.07 Å². The molecule has 0 unspecified atom stereocenters. The van der Waals surface area contributed by atoms with Crippen LogP contribution in [0.3, 0.4) is 0 Å². The molecule has 0 aliphatic heterocycles. The number of nitrogens with zero attached hydrogens (tertiary/aromatic N) is 3. The molecule has 1 aromatic carbocycles. The van der Waals surface area contributed by atoms with Crippen LogP contribution in [0.2, 0.25) is 10.3 Å². The molecule has 7 heteroatoms. The van der Waals surface area contributed by atoms with Gasteiger partial charge in [0.15, 0.2) is 12.4 Å². The summed E-state index contributed by atoms with van der Waals surface area (Å²) in [6.07, 6.45) is 1.42. The zero-order valence-corrected chi connectivity index (χ0v) is 11.1. The predicted octanol–water partition coefficient (Wildman–Crippen LogP) is 3.43. The SMILES string of the molecule is N#CCOc1ccc(Nc2nc(Cl)ncc2Cl)cc1. The van der Waals surface area contributed by atoms with Gasteiger partial charge in [-0.2, -0.15) is 10.2 Å². The Labute approximate surface area is 119 Å². The van der Waals surface area contributed by atoms with Crippen molar-refractivity contribution < 1.29 is 4.74 Å². The lowest BCUT2D eigenvalue weighted by molar-refractivity contribution is 0.368. The first-order chi connectivity index (χ1) is 9.19. The van der Waals surface area contributed by atoms with Crippen LogP contribution in [0.25, 0.3) is 0 Å². The molecule has 0 atom stereocenters. The second-order valence-corrected chi connectivity index (χ2v) is 4.18. The maximum Gasteiger partial charge on any atom is 0.224 e. The highest BCUT2D eigenvalue weighted by atomic mass is 35.5. The summed E-state index contributed by atoms with van der Waals surface area (Å²) in [6.45, 7) is 0.0140. The number of hydrogen-bond donors (Lipinski definition) is 1. The van der Waals surface area contributed by atoms with Crippen LogP contribution < -0.4 is 10.1 Å². The fourth-order valence-electron chi connectivity index (χ4n) is 1.32. The van der Waals surface area contributed by atoms with Crippen molar-refractivity contribution in [2.75, 3.05) is 11.9 Å². The molecular formula is C12H8Cl2N4O. The third kappa shape index (κ3) is 3.71. The van der Waals surface area contributed by atoms with Gasteiger partial charge < -0.3 is 10.1 Å². The number of halogens is 2. The fraction of sp³-hybridized carbons (Fsp3) is 0.0833. The monoisotopic (exact) mass is 294 g/mol. The van der Waals surface area contributed by atoms with Crippen LogP contribution in [0.1, 0.15) is 0 Å². The molecule has 2 rings (SSSR count). The van der Waals surface area contributed by atoms with E-state index in [0.29, 0.717) is 16.6 Å². The first-order valence-electron chi connectivity index (χ1n) is 5.24. The largest absolute Gasteiger partial charge is 0.479 e. The summed E-state index contributed by atoms with van der Waals surface area (Å²) in [6, 6.07) is 8.92. The number of hydrogen-bond acceptors (Lipinski definition) is 5. The van der Waals surface area contributed by atoms with Gasteiger partial charge >= 0.3 is 0 Å². The summed E-state index contributed by atoms with van der Waals surface area (Å²) in [5, 5.41) is 11.9. The number of ether oxygens (including phenoxy) is 1. The average molecular weight is 295 g/mol. The molecule has 0 saturated carbocycles. The zero-order valence-electron chi connectivity index (χ0n) is 9.60. The summed E-state index contributed by atoms with van der Waals surface area (Å²) < 4.78 is 5.14. The van der Waals surface area contributed by atoms with Gasteiger partial charge in [0, 0.05) is 5.69 Å². The fourth-order valence-corrected chi connectivity index (χ4v) is 1.59. The van der Waals surface area contributed by atoms with Crippen molar-refractivity contribution >= 4 is 34.7 Å². The normalized spacial score (nSPS) is 9.74. The minimum Gasteiger partial charge on any atom is -0.479 e. The molecule has 0 fully saturated rings. The molecule has 1 aromatic heterocycles. The molecular weight excluding hydrogens is 287 g/mol. The highest BCUT2D eigenvalue weighted by Gasteiger charge is 2.04. The third-order valence-corrected chi connectivity index (χ3v) is 2.59. The molecule has 19 heavy (non-hydrogen) atoms. The van der Waals surface area contributed by atoms with Crippen LogP contribution in [0, 0.1) is 11.3 Å². The van der Waals surface area contributed by atoms with Crippen LogP contribution >= 0.6 is 23.2 Å². The Balaban J connectivity index is 2.11. The van der Waals surface area contributed by atoms with Crippen molar-refractivity contribution in [1.82, 2.24) is 9.97 Å². The van der Waals surface area contributed by atoms with Crippen molar-refractivity contribution in [2.24, 2.45) is 0 Å². The van der Waals surface area contributed by atoms with Crippen LogP contribution in [0.15, 0.2) is 30.5 Å². The van der Waals surface area contributed by atoms with Crippen LogP contribution in [0.5, 0.6) is 5.75 Å². The van der Waals surface area contributed by atoms with Gasteiger partial charge in [0.05, 0.1) is 6.20 Å². The number of aromatic nitrogens is 2. The summed E-state index contributed by atoms with van der Waals surface area (Å²) in [5.41, 5.74) is 0.765. The summed E-state index contributed by atoms with van der Waals surface area (Å²) in [4.78, 5) is 7.74. The Bertz CT molecular complexity index is 610. The van der Waals surface area contributed by atoms with Crippen LogP contribution in [-0.2, 0) is 0 Å². The third-order valence-electron chi connectivity index (χ3n) is 2.14. The molecule has 0 radical (unpaired) electrons. The Kier molecular flexibility index (Phi) is 4.39. The van der Waals surface area contributed by atoms with E-state index in [1.54, 1.807) is 24.3 Å². The van der Waals surface area contributed by atoms with E-state index in [9.17, 15) is 0 Å². The average Bonchev–Trinajstić information content (AvgIpc) is 2.42. The molecule has 96 valence electrons. The van der Waals surface area contributed by atoms with Gasteiger partial charge in [0.25, 0.3) is 0 Å². The van der Waals surface area contributed by atoms with Crippen molar-refractivity contribution in [3.8, 4) is 11.8 Å². The second kappa shape index (κ2) is 6.23. The van der Waals surface area contributed by atoms with Gasteiger partial charge in [-0.1, -0.05) is 11.6 Å². The molecule has 0 aliphatic rings. The zero-order chi connectivity index (χ0) is 13.7. The summed E-state index contributed by atoms with van der Waals surface area (Å²) in [5.74, 6) is 1.03. The number of rotatable bonds is 4. The Hall–Kier alpha value is -2.03. The van der Waals surface area contributed by atoms with E-state index >= 15 is 0 Å². The van der Waals surface area contributed by atoms with Crippen molar-refractivity contribution in [1.29, 1.82) is 5.26 Å². The van der Waals surface area contributed by atoms with E-state index in [0.717, 1.165) is 5.69 Å². The van der Waals surface area contributed by atoms with Gasteiger partial charge in [-0.15, -0.1) is 0 Å². The molecule has 1 N–H and O–H groups in total. The molecule has 0 spiro atoms. The van der Waals surface area contributed by atoms with E-state index < -0.39 is 0 Å². The van der Waals surface area contributed by atoms with Crippen molar-refractivity contribution in [3.63, 3.8) is 0 Å². The maximum absolute atomic E-state index is 8.40. The number of benzene rings is 1. The van der Waals surface area contributed by atoms with Crippen LogP contribution in [-0.4, -0.2) is 16.6 Å².